The predicted molar refractivity (Wildman–Crippen MR) is 127 cm³/mol. The van der Waals surface area contributed by atoms with Crippen LogP contribution in [0.15, 0.2) is 67.0 Å². The van der Waals surface area contributed by atoms with Crippen LogP contribution in [0.2, 0.25) is 0 Å². The molecule has 11 nitrogen and oxygen atoms in total. The molecule has 2 aliphatic heterocycles. The van der Waals surface area contributed by atoms with Gasteiger partial charge in [-0.15, -0.1) is 8.42 Å². The molecular weight excluding hydrogens is 505 g/mol. The zero-order valence-electron chi connectivity index (χ0n) is 18.8. The quantitative estimate of drug-likeness (QED) is 0.318. The smallest absolute Gasteiger partial charge is 0.349 e. The van der Waals surface area contributed by atoms with E-state index < -0.39 is 22.1 Å². The number of hydrazine groups is 1. The number of aromatic nitrogens is 3. The molecule has 0 fully saturated rings. The highest BCUT2D eigenvalue weighted by molar-refractivity contribution is 7.82. The van der Waals surface area contributed by atoms with E-state index in [2.05, 4.69) is 15.5 Å². The van der Waals surface area contributed by atoms with Crippen LogP contribution in [0.3, 0.4) is 0 Å². The molecule has 186 valence electrons. The summed E-state index contributed by atoms with van der Waals surface area (Å²) in [5, 5.41) is 5.80. The van der Waals surface area contributed by atoms with Crippen molar-refractivity contribution in [1.82, 2.24) is 19.8 Å². The van der Waals surface area contributed by atoms with E-state index in [4.69, 9.17) is 8.37 Å². The molecule has 0 bridgehead atoms. The zero-order chi connectivity index (χ0) is 25.7. The van der Waals surface area contributed by atoms with Gasteiger partial charge in [-0.3, -0.25) is 20.0 Å². The van der Waals surface area contributed by atoms with Crippen molar-refractivity contribution in [2.24, 2.45) is 0 Å². The number of Topliss-reactive ketones (excluding diaryl/α,β-unsaturated/α-hetero) is 1. The number of halogens is 1. The first-order valence-electron chi connectivity index (χ1n) is 11.0. The molecule has 0 radical (unpaired) electrons. The molecule has 2 aliphatic rings. The highest BCUT2D eigenvalue weighted by Crippen LogP contribution is 2.40. The van der Waals surface area contributed by atoms with Crippen LogP contribution in [0, 0.1) is 5.82 Å². The van der Waals surface area contributed by atoms with Crippen molar-refractivity contribution in [1.29, 1.82) is 0 Å². The van der Waals surface area contributed by atoms with Crippen molar-refractivity contribution < 1.29 is 30.8 Å². The second-order valence-electron chi connectivity index (χ2n) is 8.14. The van der Waals surface area contributed by atoms with Gasteiger partial charge in [0, 0.05) is 18.0 Å². The van der Waals surface area contributed by atoms with Crippen molar-refractivity contribution >= 4 is 27.9 Å². The Morgan fingerprint density at radius 2 is 1.70 bits per heavy atom. The topological polar surface area (TPSA) is 133 Å². The number of anilines is 1. The second-order valence-corrected chi connectivity index (χ2v) is 9.29. The third kappa shape index (κ3) is 3.94. The lowest BCUT2D eigenvalue weighted by Gasteiger charge is -2.29. The SMILES string of the molecule is O=C(C(=O)N1CCn2nc(-c3ccc(F)cc3)c(-c3ccncc3)c2N1)c1cccc2c1OS(=O)(=O)O2. The zero-order valence-corrected chi connectivity index (χ0v) is 19.6. The Bertz CT molecular complexity index is 1670. The molecule has 0 unspecified atom stereocenters. The number of hydrogen-bond donors (Lipinski definition) is 1. The summed E-state index contributed by atoms with van der Waals surface area (Å²) < 4.78 is 48.0. The Kier molecular flexibility index (Phi) is 5.15. The highest BCUT2D eigenvalue weighted by Gasteiger charge is 2.37. The summed E-state index contributed by atoms with van der Waals surface area (Å²) in [6.07, 6.45) is 3.21. The maximum absolute atomic E-state index is 13.6. The number of carbonyl (C=O) groups is 2. The summed E-state index contributed by atoms with van der Waals surface area (Å²) in [5.74, 6) is -2.37. The van der Waals surface area contributed by atoms with E-state index in [0.29, 0.717) is 22.6 Å². The molecule has 1 amide bonds. The van der Waals surface area contributed by atoms with Crippen molar-refractivity contribution in [2.45, 2.75) is 6.54 Å². The van der Waals surface area contributed by atoms with Crippen molar-refractivity contribution in [3.63, 3.8) is 0 Å². The molecule has 2 aromatic heterocycles. The summed E-state index contributed by atoms with van der Waals surface area (Å²) in [4.78, 5) is 30.4. The average molecular weight is 521 g/mol. The van der Waals surface area contributed by atoms with Gasteiger partial charge >= 0.3 is 16.3 Å². The lowest BCUT2D eigenvalue weighted by molar-refractivity contribution is -0.125. The fraction of sp³-hybridized carbons (Fsp3) is 0.0833. The Morgan fingerprint density at radius 1 is 0.946 bits per heavy atom. The third-order valence-electron chi connectivity index (χ3n) is 5.86. The van der Waals surface area contributed by atoms with Gasteiger partial charge in [0.2, 0.25) is 5.75 Å². The first-order valence-corrected chi connectivity index (χ1v) is 12.3. The largest absolute Gasteiger partial charge is 0.501 e. The molecule has 6 rings (SSSR count). The summed E-state index contributed by atoms with van der Waals surface area (Å²) in [7, 11) is -4.35. The molecule has 0 atom stereocenters. The van der Waals surface area contributed by atoms with Gasteiger partial charge < -0.3 is 8.37 Å². The lowest BCUT2D eigenvalue weighted by atomic mass is 10.0. The average Bonchev–Trinajstić information content (AvgIpc) is 3.44. The van der Waals surface area contributed by atoms with E-state index in [1.165, 1.54) is 30.3 Å². The van der Waals surface area contributed by atoms with Crippen LogP contribution < -0.4 is 13.8 Å². The van der Waals surface area contributed by atoms with E-state index in [9.17, 15) is 22.4 Å². The summed E-state index contributed by atoms with van der Waals surface area (Å²) in [5.41, 5.74) is 5.30. The first-order chi connectivity index (χ1) is 17.8. The molecule has 0 saturated carbocycles. The molecular formula is C24H16FN5O6S. The number of nitrogens with one attached hydrogen (secondary N) is 1. The van der Waals surface area contributed by atoms with Gasteiger partial charge in [-0.25, -0.2) is 14.1 Å². The summed E-state index contributed by atoms with van der Waals surface area (Å²) >= 11 is 0. The number of nitrogens with zero attached hydrogens (tertiary/aromatic N) is 4. The number of hydrogen-bond acceptors (Lipinski definition) is 9. The summed E-state index contributed by atoms with van der Waals surface area (Å²) in [6, 6.07) is 13.4. The number of amides is 1. The number of para-hydroxylation sites is 1. The Hall–Kier alpha value is -4.78. The predicted octanol–water partition coefficient (Wildman–Crippen LogP) is 2.82. The Balaban J connectivity index is 1.37. The van der Waals surface area contributed by atoms with Crippen LogP contribution in [-0.2, 0) is 21.7 Å². The molecule has 4 aromatic rings. The molecule has 1 N–H and O–H groups in total. The van der Waals surface area contributed by atoms with Gasteiger partial charge in [0.1, 0.15) is 11.5 Å². The fourth-order valence-corrected chi connectivity index (χ4v) is 4.94. The molecule has 0 saturated heterocycles. The molecule has 0 aliphatic carbocycles. The van der Waals surface area contributed by atoms with E-state index in [1.54, 1.807) is 41.3 Å². The molecule has 2 aromatic carbocycles. The fourth-order valence-electron chi connectivity index (χ4n) is 4.18. The van der Waals surface area contributed by atoms with Gasteiger partial charge in [0.05, 0.1) is 24.2 Å². The Labute approximate surface area is 209 Å². The van der Waals surface area contributed by atoms with Crippen molar-refractivity contribution in [3.8, 4) is 33.9 Å². The number of rotatable bonds is 4. The number of ketones is 1. The molecule has 4 heterocycles. The van der Waals surface area contributed by atoms with E-state index in [0.717, 1.165) is 10.6 Å². The maximum atomic E-state index is 13.6. The van der Waals surface area contributed by atoms with Crippen LogP contribution in [0.1, 0.15) is 10.4 Å². The normalized spacial score (nSPS) is 15.1. The van der Waals surface area contributed by atoms with Crippen molar-refractivity contribution in [3.05, 3.63) is 78.4 Å². The minimum atomic E-state index is -4.35. The second kappa shape index (κ2) is 8.41. The minimum absolute atomic E-state index is 0.0859. The van der Waals surface area contributed by atoms with Crippen LogP contribution in [0.5, 0.6) is 11.5 Å². The van der Waals surface area contributed by atoms with Gasteiger partial charge in [0.25, 0.3) is 5.78 Å². The number of fused-ring (bicyclic) bond motifs is 2. The van der Waals surface area contributed by atoms with Gasteiger partial charge in [-0.1, -0.05) is 6.07 Å². The van der Waals surface area contributed by atoms with Crippen LogP contribution in [-0.4, -0.2) is 46.4 Å². The molecule has 0 spiro atoms. The number of carbonyl (C=O) groups excluding carboxylic acids is 2. The molecule has 13 heteroatoms. The number of benzene rings is 2. The van der Waals surface area contributed by atoms with E-state index in [1.807, 2.05) is 0 Å². The monoisotopic (exact) mass is 521 g/mol. The first kappa shape index (κ1) is 22.7. The molecule has 37 heavy (non-hydrogen) atoms. The van der Waals surface area contributed by atoms with Crippen LogP contribution in [0.25, 0.3) is 22.4 Å². The van der Waals surface area contributed by atoms with E-state index >= 15 is 0 Å². The van der Waals surface area contributed by atoms with E-state index in [-0.39, 0.29) is 36.0 Å². The summed E-state index contributed by atoms with van der Waals surface area (Å²) in [6.45, 7) is 0.337. The lowest BCUT2D eigenvalue weighted by Crippen LogP contribution is -2.46. The standard InChI is InChI=1S/C24H16FN5O6S/c25-16-6-4-15(5-7-16)20-19(14-8-10-26-11-9-14)23-28-30(13-12-29(23)27-20)24(32)21(31)17-2-1-3-18-22(17)36-37(33,34)35-18/h1-11,28H,12-13H2. The van der Waals surface area contributed by atoms with Gasteiger partial charge in [0.15, 0.2) is 11.6 Å². The highest BCUT2D eigenvalue weighted by atomic mass is 32.3. The van der Waals surface area contributed by atoms with Crippen molar-refractivity contribution in [2.75, 3.05) is 12.0 Å². The van der Waals surface area contributed by atoms with Crippen LogP contribution >= 0.6 is 0 Å². The number of pyridine rings is 1. The van der Waals surface area contributed by atoms with Gasteiger partial charge in [-0.2, -0.15) is 5.10 Å². The van der Waals surface area contributed by atoms with Crippen LogP contribution in [0.4, 0.5) is 10.2 Å². The third-order valence-corrected chi connectivity index (χ3v) is 6.61. The van der Waals surface area contributed by atoms with Gasteiger partial charge in [-0.05, 0) is 54.1 Å². The maximum Gasteiger partial charge on any atom is 0.501 e. The minimum Gasteiger partial charge on any atom is -0.349 e. The Morgan fingerprint density at radius 3 is 2.46 bits per heavy atom.